The second-order valence-electron chi connectivity index (χ2n) is 5.45. The molecule has 1 aliphatic heterocycles. The predicted molar refractivity (Wildman–Crippen MR) is 76.3 cm³/mol. The van der Waals surface area contributed by atoms with Crippen LogP contribution in [0, 0.1) is 5.41 Å². The number of nitrogens with one attached hydrogen (secondary N) is 1. The highest BCUT2D eigenvalue weighted by molar-refractivity contribution is 6.30. The van der Waals surface area contributed by atoms with E-state index >= 15 is 0 Å². The van der Waals surface area contributed by atoms with E-state index in [4.69, 9.17) is 16.3 Å². The van der Waals surface area contributed by atoms with Gasteiger partial charge in [0, 0.05) is 30.0 Å². The van der Waals surface area contributed by atoms with Crippen LogP contribution in [-0.2, 0) is 4.74 Å². The lowest BCUT2D eigenvalue weighted by atomic mass is 9.66. The standard InChI is InChI=1S/C15H22ClNO/c1-11(18-3)15(2)7-8-17-10-14(15)12-5-4-6-13(16)9-12/h4-6,9,11,14,17H,7-8,10H2,1-3H3. The van der Waals surface area contributed by atoms with E-state index in [1.54, 1.807) is 7.11 Å². The molecule has 2 nitrogen and oxygen atoms in total. The summed E-state index contributed by atoms with van der Waals surface area (Å²) < 4.78 is 5.61. The van der Waals surface area contributed by atoms with Crippen LogP contribution in [0.4, 0.5) is 0 Å². The average Bonchev–Trinajstić information content (AvgIpc) is 2.38. The number of hydrogen-bond donors (Lipinski definition) is 1. The summed E-state index contributed by atoms with van der Waals surface area (Å²) in [5.74, 6) is 0.444. The molecule has 0 spiro atoms. The van der Waals surface area contributed by atoms with Crippen LogP contribution in [-0.4, -0.2) is 26.3 Å². The number of methoxy groups -OCH3 is 1. The first-order valence-corrected chi connectivity index (χ1v) is 6.94. The van der Waals surface area contributed by atoms with Crippen molar-refractivity contribution in [3.05, 3.63) is 34.9 Å². The number of rotatable bonds is 3. The van der Waals surface area contributed by atoms with Crippen molar-refractivity contribution in [2.24, 2.45) is 5.41 Å². The van der Waals surface area contributed by atoms with Gasteiger partial charge in [0.15, 0.2) is 0 Å². The third kappa shape index (κ3) is 2.56. The minimum Gasteiger partial charge on any atom is -0.381 e. The van der Waals surface area contributed by atoms with Crippen molar-refractivity contribution in [1.29, 1.82) is 0 Å². The fourth-order valence-corrected chi connectivity index (χ4v) is 3.19. The highest BCUT2D eigenvalue weighted by Crippen LogP contribution is 2.44. The summed E-state index contributed by atoms with van der Waals surface area (Å²) in [6, 6.07) is 8.21. The van der Waals surface area contributed by atoms with Crippen LogP contribution in [0.2, 0.25) is 5.02 Å². The molecular weight excluding hydrogens is 246 g/mol. The maximum absolute atomic E-state index is 6.12. The monoisotopic (exact) mass is 267 g/mol. The number of benzene rings is 1. The van der Waals surface area contributed by atoms with Crippen molar-refractivity contribution in [1.82, 2.24) is 5.32 Å². The molecule has 3 unspecified atom stereocenters. The number of piperidine rings is 1. The molecule has 1 saturated heterocycles. The molecule has 1 N–H and O–H groups in total. The molecular formula is C15H22ClNO. The Kier molecular flexibility index (Phi) is 4.31. The lowest BCUT2D eigenvalue weighted by molar-refractivity contribution is -0.0207. The van der Waals surface area contributed by atoms with E-state index < -0.39 is 0 Å². The Bertz CT molecular complexity index is 409. The van der Waals surface area contributed by atoms with Crippen LogP contribution in [0.5, 0.6) is 0 Å². The Hall–Kier alpha value is -0.570. The van der Waals surface area contributed by atoms with Crippen LogP contribution in [0.15, 0.2) is 24.3 Å². The van der Waals surface area contributed by atoms with Gasteiger partial charge < -0.3 is 10.1 Å². The zero-order valence-electron chi connectivity index (χ0n) is 11.4. The first kappa shape index (κ1) is 13.9. The van der Waals surface area contributed by atoms with Crippen molar-refractivity contribution in [2.45, 2.75) is 32.3 Å². The van der Waals surface area contributed by atoms with Gasteiger partial charge >= 0.3 is 0 Å². The lowest BCUT2D eigenvalue weighted by Gasteiger charge is -2.45. The number of hydrogen-bond acceptors (Lipinski definition) is 2. The van der Waals surface area contributed by atoms with Gasteiger partial charge in [0.2, 0.25) is 0 Å². The van der Waals surface area contributed by atoms with Crippen LogP contribution in [0.3, 0.4) is 0 Å². The van der Waals surface area contributed by atoms with Crippen LogP contribution in [0.25, 0.3) is 0 Å². The van der Waals surface area contributed by atoms with Crippen LogP contribution in [0.1, 0.15) is 31.7 Å². The van der Waals surface area contributed by atoms with Gasteiger partial charge in [0.25, 0.3) is 0 Å². The Balaban J connectivity index is 2.33. The summed E-state index contributed by atoms with van der Waals surface area (Å²) in [6.07, 6.45) is 1.36. The van der Waals surface area contributed by atoms with Crippen LogP contribution < -0.4 is 5.32 Å². The van der Waals surface area contributed by atoms with Crippen molar-refractivity contribution in [3.8, 4) is 0 Å². The van der Waals surface area contributed by atoms with E-state index in [1.165, 1.54) is 5.56 Å². The van der Waals surface area contributed by atoms with Gasteiger partial charge in [-0.05, 0) is 37.6 Å². The first-order valence-electron chi connectivity index (χ1n) is 6.57. The Morgan fingerprint density at radius 2 is 2.28 bits per heavy atom. The van der Waals surface area contributed by atoms with Crippen molar-refractivity contribution >= 4 is 11.6 Å². The Morgan fingerprint density at radius 1 is 1.50 bits per heavy atom. The molecule has 1 heterocycles. The van der Waals surface area contributed by atoms with E-state index in [9.17, 15) is 0 Å². The minimum absolute atomic E-state index is 0.157. The SMILES string of the molecule is COC(C)C1(C)CCNCC1c1cccc(Cl)c1. The summed E-state index contributed by atoms with van der Waals surface area (Å²) in [5, 5.41) is 4.30. The molecule has 0 amide bonds. The highest BCUT2D eigenvalue weighted by atomic mass is 35.5. The predicted octanol–water partition coefficient (Wildman–Crippen LogP) is 3.46. The van der Waals surface area contributed by atoms with E-state index in [2.05, 4.69) is 31.3 Å². The second-order valence-corrected chi connectivity index (χ2v) is 5.88. The topological polar surface area (TPSA) is 21.3 Å². The summed E-state index contributed by atoms with van der Waals surface area (Å²) in [4.78, 5) is 0. The normalized spacial score (nSPS) is 30.1. The quantitative estimate of drug-likeness (QED) is 0.906. The third-order valence-corrected chi connectivity index (χ3v) is 4.75. The molecule has 3 atom stereocenters. The number of halogens is 1. The molecule has 1 aliphatic rings. The largest absolute Gasteiger partial charge is 0.381 e. The lowest BCUT2D eigenvalue weighted by Crippen LogP contribution is -2.48. The molecule has 2 rings (SSSR count). The van der Waals surface area contributed by atoms with Gasteiger partial charge in [0.05, 0.1) is 6.10 Å². The van der Waals surface area contributed by atoms with E-state index in [-0.39, 0.29) is 11.5 Å². The molecule has 3 heteroatoms. The Labute approximate surface area is 115 Å². The number of ether oxygens (including phenoxy) is 1. The second kappa shape index (κ2) is 5.60. The molecule has 0 radical (unpaired) electrons. The maximum Gasteiger partial charge on any atom is 0.0603 e. The van der Waals surface area contributed by atoms with E-state index in [0.29, 0.717) is 5.92 Å². The highest BCUT2D eigenvalue weighted by Gasteiger charge is 2.42. The Morgan fingerprint density at radius 3 is 2.94 bits per heavy atom. The minimum atomic E-state index is 0.157. The fourth-order valence-electron chi connectivity index (χ4n) is 2.99. The van der Waals surface area contributed by atoms with Gasteiger partial charge in [-0.15, -0.1) is 0 Å². The molecule has 1 aromatic rings. The van der Waals surface area contributed by atoms with Crippen molar-refractivity contribution < 1.29 is 4.74 Å². The molecule has 0 saturated carbocycles. The first-order chi connectivity index (χ1) is 8.58. The molecule has 1 fully saturated rings. The van der Waals surface area contributed by atoms with Gasteiger partial charge in [-0.1, -0.05) is 30.7 Å². The zero-order valence-corrected chi connectivity index (χ0v) is 12.1. The van der Waals surface area contributed by atoms with Gasteiger partial charge in [-0.2, -0.15) is 0 Å². The molecule has 0 aliphatic carbocycles. The maximum atomic E-state index is 6.12. The van der Waals surface area contributed by atoms with E-state index in [1.807, 2.05) is 12.1 Å². The summed E-state index contributed by atoms with van der Waals surface area (Å²) in [6.45, 7) is 6.54. The summed E-state index contributed by atoms with van der Waals surface area (Å²) in [7, 11) is 1.80. The van der Waals surface area contributed by atoms with Gasteiger partial charge in [-0.3, -0.25) is 0 Å². The smallest absolute Gasteiger partial charge is 0.0603 e. The summed E-state index contributed by atoms with van der Waals surface area (Å²) >= 11 is 6.12. The summed E-state index contributed by atoms with van der Waals surface area (Å²) in [5.41, 5.74) is 1.46. The average molecular weight is 268 g/mol. The molecule has 100 valence electrons. The molecule has 0 aromatic heterocycles. The van der Waals surface area contributed by atoms with Gasteiger partial charge in [-0.25, -0.2) is 0 Å². The molecule has 18 heavy (non-hydrogen) atoms. The third-order valence-electron chi connectivity index (χ3n) is 4.52. The van der Waals surface area contributed by atoms with Crippen LogP contribution >= 0.6 is 11.6 Å². The fraction of sp³-hybridized carbons (Fsp3) is 0.600. The van der Waals surface area contributed by atoms with Crippen molar-refractivity contribution in [2.75, 3.05) is 20.2 Å². The van der Waals surface area contributed by atoms with Gasteiger partial charge in [0.1, 0.15) is 0 Å². The molecule has 1 aromatic carbocycles. The zero-order chi connectivity index (χ0) is 13.2. The molecule has 0 bridgehead atoms. The van der Waals surface area contributed by atoms with E-state index in [0.717, 1.165) is 24.5 Å². The van der Waals surface area contributed by atoms with Crippen molar-refractivity contribution in [3.63, 3.8) is 0 Å².